The Balaban J connectivity index is 2.19. The van der Waals surface area contributed by atoms with Gasteiger partial charge in [-0.05, 0) is 29.8 Å². The monoisotopic (exact) mass is 354 g/mol. The number of carbonyl (C=O) groups is 2. The second-order valence-corrected chi connectivity index (χ2v) is 5.47. The molecule has 0 unspecified atom stereocenters. The highest BCUT2D eigenvalue weighted by Crippen LogP contribution is 2.26. The van der Waals surface area contributed by atoms with E-state index in [0.717, 1.165) is 5.56 Å². The van der Waals surface area contributed by atoms with Gasteiger partial charge in [-0.25, -0.2) is 9.59 Å². The van der Waals surface area contributed by atoms with Crippen molar-refractivity contribution in [2.75, 3.05) is 6.61 Å². The number of hydrogen-bond donors (Lipinski definition) is 2. The molecule has 0 amide bonds. The highest BCUT2D eigenvalue weighted by atomic mass is 35.5. The minimum atomic E-state index is -1.26. The van der Waals surface area contributed by atoms with Crippen LogP contribution in [0, 0.1) is 0 Å². The largest absolute Gasteiger partial charge is 0.491 e. The maximum absolute atomic E-state index is 11.2. The van der Waals surface area contributed by atoms with Gasteiger partial charge in [0.25, 0.3) is 0 Å². The topological polar surface area (TPSA) is 83.8 Å². The Morgan fingerprint density at radius 2 is 1.61 bits per heavy atom. The molecule has 0 heterocycles. The van der Waals surface area contributed by atoms with Crippen LogP contribution in [0.3, 0.4) is 0 Å². The molecule has 120 valence electrons. The fourth-order valence-electron chi connectivity index (χ4n) is 2.02. The summed E-state index contributed by atoms with van der Waals surface area (Å²) < 4.78 is 5.43. The third kappa shape index (κ3) is 4.15. The van der Waals surface area contributed by atoms with Crippen LogP contribution in [0.5, 0.6) is 5.75 Å². The maximum Gasteiger partial charge on any atom is 0.339 e. The van der Waals surface area contributed by atoms with Crippen molar-refractivity contribution in [1.29, 1.82) is 0 Å². The summed E-state index contributed by atoms with van der Waals surface area (Å²) in [5, 5.41) is 19.3. The van der Waals surface area contributed by atoms with Crippen LogP contribution in [-0.2, 0) is 6.42 Å². The Labute approximate surface area is 142 Å². The first-order chi connectivity index (χ1) is 10.9. The van der Waals surface area contributed by atoms with E-state index in [1.165, 1.54) is 18.2 Å². The molecule has 23 heavy (non-hydrogen) atoms. The van der Waals surface area contributed by atoms with Crippen molar-refractivity contribution in [1.82, 2.24) is 0 Å². The van der Waals surface area contributed by atoms with Crippen LogP contribution in [0.1, 0.15) is 26.3 Å². The summed E-state index contributed by atoms with van der Waals surface area (Å²) in [6.45, 7) is 0.0753. The molecule has 5 nitrogen and oxygen atoms in total. The SMILES string of the molecule is O=C(O)c1cccc(C(=O)O)c1OCCc1ccc(Cl)cc1Cl. The molecule has 0 aliphatic carbocycles. The van der Waals surface area contributed by atoms with Gasteiger partial charge in [-0.3, -0.25) is 0 Å². The summed E-state index contributed by atoms with van der Waals surface area (Å²) in [5.41, 5.74) is 0.361. The normalized spacial score (nSPS) is 10.3. The molecule has 0 bridgehead atoms. The van der Waals surface area contributed by atoms with Gasteiger partial charge in [0.05, 0.1) is 6.61 Å². The van der Waals surface area contributed by atoms with Crippen LogP contribution in [0.15, 0.2) is 36.4 Å². The first-order valence-electron chi connectivity index (χ1n) is 6.56. The van der Waals surface area contributed by atoms with E-state index in [1.807, 2.05) is 0 Å². The summed E-state index contributed by atoms with van der Waals surface area (Å²) in [6.07, 6.45) is 0.378. The number of aromatic carboxylic acids is 2. The Morgan fingerprint density at radius 3 is 2.13 bits per heavy atom. The Kier molecular flexibility index (Phi) is 5.47. The molecule has 2 rings (SSSR count). The second kappa shape index (κ2) is 7.35. The number of carboxylic acids is 2. The van der Waals surface area contributed by atoms with E-state index in [-0.39, 0.29) is 23.5 Å². The number of hydrogen-bond acceptors (Lipinski definition) is 3. The van der Waals surface area contributed by atoms with E-state index in [1.54, 1.807) is 18.2 Å². The average molecular weight is 355 g/mol. The fraction of sp³-hybridized carbons (Fsp3) is 0.125. The van der Waals surface area contributed by atoms with Crippen molar-refractivity contribution < 1.29 is 24.5 Å². The van der Waals surface area contributed by atoms with E-state index < -0.39 is 11.9 Å². The quantitative estimate of drug-likeness (QED) is 0.818. The first-order valence-corrected chi connectivity index (χ1v) is 7.32. The molecule has 0 aromatic heterocycles. The lowest BCUT2D eigenvalue weighted by atomic mass is 10.1. The zero-order chi connectivity index (χ0) is 17.0. The molecule has 0 aliphatic heterocycles. The van der Waals surface area contributed by atoms with Crippen molar-refractivity contribution in [2.45, 2.75) is 6.42 Å². The number of carboxylic acid groups (broad SMARTS) is 2. The molecule has 2 aromatic carbocycles. The van der Waals surface area contributed by atoms with Gasteiger partial charge < -0.3 is 14.9 Å². The Hall–Kier alpha value is -2.24. The number of halogens is 2. The van der Waals surface area contributed by atoms with Gasteiger partial charge in [-0.1, -0.05) is 35.3 Å². The molecule has 2 N–H and O–H groups in total. The maximum atomic E-state index is 11.2. The van der Waals surface area contributed by atoms with Gasteiger partial charge in [0.2, 0.25) is 0 Å². The lowest BCUT2D eigenvalue weighted by Gasteiger charge is -2.12. The van der Waals surface area contributed by atoms with Gasteiger partial charge in [-0.2, -0.15) is 0 Å². The summed E-state index contributed by atoms with van der Waals surface area (Å²) in [4.78, 5) is 22.4. The number of rotatable bonds is 6. The van der Waals surface area contributed by atoms with Gasteiger partial charge in [0, 0.05) is 16.5 Å². The van der Waals surface area contributed by atoms with Crippen LogP contribution in [0.4, 0.5) is 0 Å². The molecular weight excluding hydrogens is 343 g/mol. The van der Waals surface area contributed by atoms with Crippen molar-refractivity contribution in [3.63, 3.8) is 0 Å². The summed E-state index contributed by atoms with van der Waals surface area (Å²) in [6, 6.07) is 8.94. The zero-order valence-electron chi connectivity index (χ0n) is 11.8. The van der Waals surface area contributed by atoms with Gasteiger partial charge in [0.15, 0.2) is 0 Å². The molecule has 7 heteroatoms. The second-order valence-electron chi connectivity index (χ2n) is 4.63. The van der Waals surface area contributed by atoms with E-state index >= 15 is 0 Å². The number of ether oxygens (including phenoxy) is 1. The molecule has 2 aromatic rings. The van der Waals surface area contributed by atoms with Crippen LogP contribution < -0.4 is 4.74 Å². The predicted molar refractivity (Wildman–Crippen MR) is 86.0 cm³/mol. The van der Waals surface area contributed by atoms with Crippen LogP contribution in [-0.4, -0.2) is 28.8 Å². The van der Waals surface area contributed by atoms with E-state index in [9.17, 15) is 9.59 Å². The third-order valence-electron chi connectivity index (χ3n) is 3.11. The van der Waals surface area contributed by atoms with Crippen LogP contribution in [0.25, 0.3) is 0 Å². The standard InChI is InChI=1S/C16H12Cl2O5/c17-10-5-4-9(13(18)8-10)6-7-23-14-11(15(19)20)2-1-3-12(14)16(21)22/h1-5,8H,6-7H2,(H,19,20)(H,21,22). The molecule has 0 radical (unpaired) electrons. The third-order valence-corrected chi connectivity index (χ3v) is 3.70. The van der Waals surface area contributed by atoms with Crippen LogP contribution >= 0.6 is 23.2 Å². The van der Waals surface area contributed by atoms with Crippen molar-refractivity contribution in [3.8, 4) is 5.75 Å². The van der Waals surface area contributed by atoms with Crippen molar-refractivity contribution in [3.05, 3.63) is 63.1 Å². The summed E-state index contributed by atoms with van der Waals surface area (Å²) in [5.74, 6) is -2.68. The zero-order valence-corrected chi connectivity index (χ0v) is 13.3. The van der Waals surface area contributed by atoms with Crippen molar-refractivity contribution in [2.24, 2.45) is 0 Å². The van der Waals surface area contributed by atoms with Crippen LogP contribution in [0.2, 0.25) is 10.0 Å². The lowest BCUT2D eigenvalue weighted by Crippen LogP contribution is -2.11. The van der Waals surface area contributed by atoms with E-state index in [2.05, 4.69) is 0 Å². The number of para-hydroxylation sites is 1. The molecule has 0 spiro atoms. The summed E-state index contributed by atoms with van der Waals surface area (Å²) in [7, 11) is 0. The van der Waals surface area contributed by atoms with Gasteiger partial charge in [0.1, 0.15) is 16.9 Å². The van der Waals surface area contributed by atoms with Gasteiger partial charge in [-0.15, -0.1) is 0 Å². The average Bonchev–Trinajstić information content (AvgIpc) is 2.49. The Morgan fingerprint density at radius 1 is 1.00 bits per heavy atom. The predicted octanol–water partition coefficient (Wildman–Crippen LogP) is 4.01. The molecule has 0 saturated heterocycles. The fourth-order valence-corrected chi connectivity index (χ4v) is 2.52. The Bertz CT molecular complexity index is 726. The molecule has 0 aliphatic rings. The smallest absolute Gasteiger partial charge is 0.339 e. The summed E-state index contributed by atoms with van der Waals surface area (Å²) >= 11 is 11.9. The minimum Gasteiger partial charge on any atom is -0.491 e. The first kappa shape index (κ1) is 17.1. The highest BCUT2D eigenvalue weighted by Gasteiger charge is 2.19. The molecule has 0 saturated carbocycles. The molecule has 0 fully saturated rings. The minimum absolute atomic E-state index is 0.0753. The lowest BCUT2D eigenvalue weighted by molar-refractivity contribution is 0.0689. The van der Waals surface area contributed by atoms with E-state index in [4.69, 9.17) is 38.2 Å². The van der Waals surface area contributed by atoms with E-state index in [0.29, 0.717) is 16.5 Å². The van der Waals surface area contributed by atoms with Gasteiger partial charge >= 0.3 is 11.9 Å². The van der Waals surface area contributed by atoms with Crippen molar-refractivity contribution >= 4 is 35.1 Å². The number of benzene rings is 2. The molecular formula is C16H12Cl2O5. The molecule has 0 atom stereocenters. The highest BCUT2D eigenvalue weighted by molar-refractivity contribution is 6.35.